The average molecular weight is 320 g/mol. The Labute approximate surface area is 141 Å². The summed E-state index contributed by atoms with van der Waals surface area (Å²) in [5, 5.41) is 12.3. The summed E-state index contributed by atoms with van der Waals surface area (Å²) in [7, 11) is 0. The van der Waals surface area contributed by atoms with E-state index in [0.29, 0.717) is 17.5 Å². The van der Waals surface area contributed by atoms with Crippen LogP contribution in [-0.4, -0.2) is 29.7 Å². The zero-order valence-corrected chi connectivity index (χ0v) is 13.5. The fraction of sp³-hybridized carbons (Fsp3) is 0.421. The standard InChI is InChI=1S/C19H20N4O/c20-11-16-10-13(4-5-22-16)14-8-15(9-14)17-2-1-3-18(23-17)19-12-21-6-7-24-19/h1-5,10,14-15,19,21H,6-9,12H2. The topological polar surface area (TPSA) is 70.8 Å². The first kappa shape index (κ1) is 15.3. The van der Waals surface area contributed by atoms with Crippen LogP contribution in [0.15, 0.2) is 36.5 Å². The number of pyridine rings is 2. The lowest BCUT2D eigenvalue weighted by Gasteiger charge is -2.35. The lowest BCUT2D eigenvalue weighted by Crippen LogP contribution is -2.34. The Morgan fingerprint density at radius 2 is 2.04 bits per heavy atom. The van der Waals surface area contributed by atoms with Crippen molar-refractivity contribution in [1.29, 1.82) is 5.26 Å². The number of hydrogen-bond donors (Lipinski definition) is 1. The highest BCUT2D eigenvalue weighted by Crippen LogP contribution is 2.47. The van der Waals surface area contributed by atoms with Gasteiger partial charge < -0.3 is 10.1 Å². The molecule has 1 unspecified atom stereocenters. The maximum absolute atomic E-state index is 8.98. The third-order valence-corrected chi connectivity index (χ3v) is 4.98. The van der Waals surface area contributed by atoms with Gasteiger partial charge in [0.15, 0.2) is 0 Å². The summed E-state index contributed by atoms with van der Waals surface area (Å²) in [6, 6.07) is 12.3. The lowest BCUT2D eigenvalue weighted by molar-refractivity contribution is 0.0248. The molecule has 2 aromatic rings. The van der Waals surface area contributed by atoms with Crippen molar-refractivity contribution in [3.63, 3.8) is 0 Å². The van der Waals surface area contributed by atoms with Crippen LogP contribution in [-0.2, 0) is 4.74 Å². The van der Waals surface area contributed by atoms with Crippen molar-refractivity contribution < 1.29 is 4.74 Å². The van der Waals surface area contributed by atoms with Crippen LogP contribution in [0.2, 0.25) is 0 Å². The van der Waals surface area contributed by atoms with Gasteiger partial charge in [-0.05, 0) is 48.6 Å². The van der Waals surface area contributed by atoms with Crippen molar-refractivity contribution in [3.05, 3.63) is 59.2 Å². The van der Waals surface area contributed by atoms with Gasteiger partial charge in [-0.25, -0.2) is 4.98 Å². The predicted octanol–water partition coefficient (Wildman–Crippen LogP) is 2.67. The number of ether oxygens (including phenoxy) is 1. The van der Waals surface area contributed by atoms with Crippen LogP contribution < -0.4 is 5.32 Å². The van der Waals surface area contributed by atoms with E-state index in [-0.39, 0.29) is 6.10 Å². The highest BCUT2D eigenvalue weighted by Gasteiger charge is 2.33. The van der Waals surface area contributed by atoms with Crippen LogP contribution in [0.1, 0.15) is 53.4 Å². The molecule has 4 rings (SSSR count). The van der Waals surface area contributed by atoms with E-state index in [1.165, 1.54) is 5.56 Å². The largest absolute Gasteiger partial charge is 0.369 e. The van der Waals surface area contributed by atoms with E-state index in [0.717, 1.165) is 43.9 Å². The molecule has 122 valence electrons. The van der Waals surface area contributed by atoms with Crippen molar-refractivity contribution in [1.82, 2.24) is 15.3 Å². The molecule has 2 fully saturated rings. The molecular formula is C19H20N4O. The molecule has 5 heteroatoms. The number of hydrogen-bond acceptors (Lipinski definition) is 5. The number of morpholine rings is 1. The van der Waals surface area contributed by atoms with Gasteiger partial charge in [0.05, 0.1) is 12.3 Å². The Kier molecular flexibility index (Phi) is 4.24. The minimum atomic E-state index is 0.0629. The second kappa shape index (κ2) is 6.68. The molecule has 1 saturated heterocycles. The van der Waals surface area contributed by atoms with Crippen LogP contribution >= 0.6 is 0 Å². The lowest BCUT2D eigenvalue weighted by atomic mass is 9.70. The van der Waals surface area contributed by atoms with Crippen molar-refractivity contribution in [2.45, 2.75) is 30.8 Å². The van der Waals surface area contributed by atoms with Crippen molar-refractivity contribution in [2.24, 2.45) is 0 Å². The number of nitriles is 1. The number of rotatable bonds is 3. The molecule has 2 aromatic heterocycles. The first-order chi connectivity index (χ1) is 11.8. The second-order valence-electron chi connectivity index (χ2n) is 6.50. The van der Waals surface area contributed by atoms with Gasteiger partial charge in [-0.15, -0.1) is 0 Å². The second-order valence-corrected chi connectivity index (χ2v) is 6.50. The van der Waals surface area contributed by atoms with Crippen molar-refractivity contribution >= 4 is 0 Å². The van der Waals surface area contributed by atoms with E-state index >= 15 is 0 Å². The van der Waals surface area contributed by atoms with Crippen LogP contribution in [0, 0.1) is 11.3 Å². The van der Waals surface area contributed by atoms with E-state index in [2.05, 4.69) is 34.6 Å². The maximum Gasteiger partial charge on any atom is 0.140 e. The van der Waals surface area contributed by atoms with Crippen LogP contribution in [0.5, 0.6) is 0 Å². The maximum atomic E-state index is 8.98. The minimum absolute atomic E-state index is 0.0629. The quantitative estimate of drug-likeness (QED) is 0.941. The first-order valence-electron chi connectivity index (χ1n) is 8.48. The van der Waals surface area contributed by atoms with Gasteiger partial charge in [-0.1, -0.05) is 6.07 Å². The normalized spacial score (nSPS) is 26.4. The SMILES string of the molecule is N#Cc1cc(C2CC(c3cccc(C4CNCCO4)n3)C2)ccn1. The fourth-order valence-corrected chi connectivity index (χ4v) is 3.52. The van der Waals surface area contributed by atoms with Crippen LogP contribution in [0.4, 0.5) is 0 Å². The molecule has 5 nitrogen and oxygen atoms in total. The van der Waals surface area contributed by atoms with E-state index in [1.54, 1.807) is 6.20 Å². The minimum Gasteiger partial charge on any atom is -0.369 e. The predicted molar refractivity (Wildman–Crippen MR) is 89.5 cm³/mol. The zero-order valence-electron chi connectivity index (χ0n) is 13.5. The van der Waals surface area contributed by atoms with E-state index in [1.807, 2.05) is 12.1 Å². The number of nitrogens with zero attached hydrogens (tertiary/aromatic N) is 3. The summed E-state index contributed by atoms with van der Waals surface area (Å²) in [5.74, 6) is 0.994. The van der Waals surface area contributed by atoms with Crippen LogP contribution in [0.3, 0.4) is 0 Å². The molecule has 3 heterocycles. The summed E-state index contributed by atoms with van der Waals surface area (Å²) < 4.78 is 5.80. The van der Waals surface area contributed by atoms with Crippen LogP contribution in [0.25, 0.3) is 0 Å². The Morgan fingerprint density at radius 3 is 2.83 bits per heavy atom. The highest BCUT2D eigenvalue weighted by molar-refractivity contribution is 5.31. The van der Waals surface area contributed by atoms with Gasteiger partial charge in [-0.2, -0.15) is 5.26 Å². The summed E-state index contributed by atoms with van der Waals surface area (Å²) in [6.45, 7) is 2.49. The Morgan fingerprint density at radius 1 is 1.17 bits per heavy atom. The number of aromatic nitrogens is 2. The van der Waals surface area contributed by atoms with Gasteiger partial charge in [0.25, 0.3) is 0 Å². The molecule has 1 saturated carbocycles. The Balaban J connectivity index is 1.44. The van der Waals surface area contributed by atoms with Gasteiger partial charge >= 0.3 is 0 Å². The molecular weight excluding hydrogens is 300 g/mol. The molecule has 0 amide bonds. The Hall–Kier alpha value is -2.29. The molecule has 1 N–H and O–H groups in total. The molecule has 2 aliphatic rings. The van der Waals surface area contributed by atoms with Gasteiger partial charge in [0, 0.05) is 30.9 Å². The molecule has 1 aliphatic heterocycles. The molecule has 0 bridgehead atoms. The zero-order chi connectivity index (χ0) is 16.4. The summed E-state index contributed by atoms with van der Waals surface area (Å²) in [5.41, 5.74) is 3.90. The van der Waals surface area contributed by atoms with E-state index < -0.39 is 0 Å². The summed E-state index contributed by atoms with van der Waals surface area (Å²) >= 11 is 0. The van der Waals surface area contributed by atoms with Crippen molar-refractivity contribution in [3.8, 4) is 6.07 Å². The molecule has 0 aromatic carbocycles. The monoisotopic (exact) mass is 320 g/mol. The fourth-order valence-electron chi connectivity index (χ4n) is 3.52. The molecule has 24 heavy (non-hydrogen) atoms. The third kappa shape index (κ3) is 3.03. The molecule has 1 aliphatic carbocycles. The summed E-state index contributed by atoms with van der Waals surface area (Å²) in [4.78, 5) is 8.90. The average Bonchev–Trinajstić information content (AvgIpc) is 2.62. The third-order valence-electron chi connectivity index (χ3n) is 4.98. The molecule has 0 radical (unpaired) electrons. The molecule has 1 atom stereocenters. The highest BCUT2D eigenvalue weighted by atomic mass is 16.5. The van der Waals surface area contributed by atoms with Gasteiger partial charge in [0.2, 0.25) is 0 Å². The smallest absolute Gasteiger partial charge is 0.140 e. The Bertz CT molecular complexity index is 758. The summed E-state index contributed by atoms with van der Waals surface area (Å²) in [6.07, 6.45) is 3.95. The van der Waals surface area contributed by atoms with Crippen molar-refractivity contribution in [2.75, 3.05) is 19.7 Å². The van der Waals surface area contributed by atoms with Gasteiger partial charge in [0.1, 0.15) is 17.9 Å². The van der Waals surface area contributed by atoms with E-state index in [9.17, 15) is 0 Å². The van der Waals surface area contributed by atoms with Gasteiger partial charge in [-0.3, -0.25) is 4.98 Å². The molecule has 0 spiro atoms. The number of nitrogens with one attached hydrogen (secondary N) is 1. The first-order valence-corrected chi connectivity index (χ1v) is 8.48. The van der Waals surface area contributed by atoms with E-state index in [4.69, 9.17) is 15.0 Å².